The van der Waals surface area contributed by atoms with Crippen molar-refractivity contribution < 1.29 is 27.5 Å². The van der Waals surface area contributed by atoms with Gasteiger partial charge in [0.2, 0.25) is 5.91 Å². The number of benzene rings is 4. The summed E-state index contributed by atoms with van der Waals surface area (Å²) in [5.74, 6) is -0.821. The molecule has 0 atom stereocenters. The minimum absolute atomic E-state index is 0. The Bertz CT molecular complexity index is 1960. The number of anilines is 2. The molecule has 1 fully saturated rings. The largest absolute Gasteiger partial charge is 0.405 e. The first kappa shape index (κ1) is 35.0. The van der Waals surface area contributed by atoms with Crippen LogP contribution in [0.2, 0.25) is 0 Å². The number of carbonyl (C=O) groups excluding carboxylic acids is 2. The van der Waals surface area contributed by atoms with Crippen molar-refractivity contribution in [1.29, 1.82) is 0 Å². The van der Waals surface area contributed by atoms with Crippen molar-refractivity contribution in [2.75, 3.05) is 43.1 Å². The monoisotopic (exact) mass is 702 g/mol. The molecule has 1 aromatic heterocycles. The van der Waals surface area contributed by atoms with Crippen LogP contribution in [0.4, 0.5) is 24.5 Å². The van der Waals surface area contributed by atoms with Crippen molar-refractivity contribution in [2.45, 2.75) is 37.4 Å². The number of halogens is 4. The van der Waals surface area contributed by atoms with E-state index in [1.807, 2.05) is 103 Å². The van der Waals surface area contributed by atoms with Gasteiger partial charge in [-0.25, -0.2) is 0 Å². The number of carbonyl (C=O) groups is 2. The quantitative estimate of drug-likeness (QED) is 0.145. The summed E-state index contributed by atoms with van der Waals surface area (Å²) in [6.45, 7) is 1.93. The number of rotatable bonds is 10. The van der Waals surface area contributed by atoms with Crippen molar-refractivity contribution in [3.63, 3.8) is 0 Å². The number of hydrogen-bond donors (Lipinski definition) is 2. The normalized spacial score (nSPS) is 14.8. The predicted octanol–water partition coefficient (Wildman–Crippen LogP) is 7.97. The number of nitrogens with one attached hydrogen (secondary N) is 2. The highest BCUT2D eigenvalue weighted by Crippen LogP contribution is 2.51. The average molecular weight is 703 g/mol. The molecule has 5 aromatic rings. The predicted molar refractivity (Wildman–Crippen MR) is 192 cm³/mol. The Morgan fingerprint density at radius 1 is 0.800 bits per heavy atom. The van der Waals surface area contributed by atoms with Gasteiger partial charge in [-0.05, 0) is 71.8 Å². The van der Waals surface area contributed by atoms with E-state index in [4.69, 9.17) is 4.74 Å². The lowest BCUT2D eigenvalue weighted by Crippen LogP contribution is -2.47. The molecule has 0 radical (unpaired) electrons. The second kappa shape index (κ2) is 14.6. The number of morpholine rings is 1. The summed E-state index contributed by atoms with van der Waals surface area (Å²) in [5, 5.41) is 6.24. The first-order valence-corrected chi connectivity index (χ1v) is 16.6. The van der Waals surface area contributed by atoms with Crippen LogP contribution in [0.15, 0.2) is 103 Å². The van der Waals surface area contributed by atoms with Crippen LogP contribution in [-0.4, -0.2) is 55.4 Å². The van der Waals surface area contributed by atoms with E-state index >= 15 is 0 Å². The molecule has 0 saturated carbocycles. The molecule has 7 nitrogen and oxygen atoms in total. The summed E-state index contributed by atoms with van der Waals surface area (Å²) >= 11 is 0. The molecule has 1 saturated heterocycles. The third kappa shape index (κ3) is 6.69. The van der Waals surface area contributed by atoms with Crippen molar-refractivity contribution >= 4 is 46.5 Å². The zero-order valence-corrected chi connectivity index (χ0v) is 28.2. The number of hydrogen-bond acceptors (Lipinski definition) is 4. The number of alkyl halides is 3. The third-order valence-corrected chi connectivity index (χ3v) is 9.66. The Kier molecular flexibility index (Phi) is 10.2. The van der Waals surface area contributed by atoms with Crippen molar-refractivity contribution in [3.8, 4) is 11.1 Å². The smallest absolute Gasteiger partial charge is 0.378 e. The zero-order valence-electron chi connectivity index (χ0n) is 27.3. The molecule has 11 heteroatoms. The maximum absolute atomic E-state index is 13.8. The first-order chi connectivity index (χ1) is 23.8. The van der Waals surface area contributed by atoms with E-state index in [1.54, 1.807) is 0 Å². The first-order valence-electron chi connectivity index (χ1n) is 16.6. The minimum Gasteiger partial charge on any atom is -0.378 e. The molecule has 0 unspecified atom stereocenters. The number of para-hydroxylation sites is 1. The number of nitrogens with zero attached hydrogens (tertiary/aromatic N) is 2. The maximum atomic E-state index is 13.8. The van der Waals surface area contributed by atoms with Crippen LogP contribution >= 0.6 is 12.4 Å². The molecule has 2 heterocycles. The van der Waals surface area contributed by atoms with Gasteiger partial charge in [-0.2, -0.15) is 13.2 Å². The van der Waals surface area contributed by atoms with Crippen LogP contribution in [0, 0.1) is 0 Å². The molecule has 50 heavy (non-hydrogen) atoms. The number of aromatic nitrogens is 1. The van der Waals surface area contributed by atoms with Gasteiger partial charge >= 0.3 is 6.18 Å². The fraction of sp³-hybridized carbons (Fsp3) is 0.282. The van der Waals surface area contributed by atoms with Gasteiger partial charge in [-0.1, -0.05) is 66.7 Å². The number of aryl methyl sites for hydroxylation is 1. The molecular weight excluding hydrogens is 665 g/mol. The SMILES string of the molecule is Cl.O=C(Nc1cccc2c1ccn2CCCCC1(C(=O)NCC(F)(F)F)c2ccccc2-c2ccccc21)c1ccccc1N1CCOCC1. The van der Waals surface area contributed by atoms with Crippen LogP contribution in [0.5, 0.6) is 0 Å². The van der Waals surface area contributed by atoms with E-state index in [2.05, 4.69) is 20.1 Å². The van der Waals surface area contributed by atoms with Gasteiger partial charge in [-0.15, -0.1) is 12.4 Å². The lowest BCUT2D eigenvalue weighted by atomic mass is 9.73. The Balaban J connectivity index is 0.00000432. The lowest BCUT2D eigenvalue weighted by Gasteiger charge is -2.31. The van der Waals surface area contributed by atoms with Gasteiger partial charge in [0.1, 0.15) is 12.0 Å². The minimum atomic E-state index is -4.52. The standard InChI is InChI=1S/C39H37F3N4O3.ClH/c40-39(41,42)26-43-37(48)38(31-13-4-1-10-27(31)28-11-2-5-14-32(28)38)19-7-8-20-45-21-18-29-33(15-9-17-34(29)45)44-36(47)30-12-3-6-16-35(30)46-22-24-49-25-23-46;/h1-6,9-18,21H,7-8,19-20,22-26H2,(H,43,48)(H,44,47);1H. The van der Waals surface area contributed by atoms with E-state index in [0.717, 1.165) is 51.9 Å². The number of unbranched alkanes of at least 4 members (excludes halogenated alkanes) is 1. The fourth-order valence-corrected chi connectivity index (χ4v) is 7.42. The summed E-state index contributed by atoms with van der Waals surface area (Å²) in [6.07, 6.45) is -0.904. The Labute approximate surface area is 294 Å². The van der Waals surface area contributed by atoms with Gasteiger partial charge in [0.05, 0.1) is 30.0 Å². The molecule has 0 bridgehead atoms. The van der Waals surface area contributed by atoms with Crippen LogP contribution in [0.3, 0.4) is 0 Å². The van der Waals surface area contributed by atoms with Gasteiger partial charge in [0.25, 0.3) is 5.91 Å². The molecule has 1 aliphatic carbocycles. The molecule has 7 rings (SSSR count). The molecule has 2 aliphatic rings. The summed E-state index contributed by atoms with van der Waals surface area (Å²) < 4.78 is 47.3. The van der Waals surface area contributed by atoms with Crippen LogP contribution in [0.1, 0.15) is 40.7 Å². The number of ether oxygens (including phenoxy) is 1. The summed E-state index contributed by atoms with van der Waals surface area (Å²) in [4.78, 5) is 29.5. The second-order valence-electron chi connectivity index (χ2n) is 12.6. The topological polar surface area (TPSA) is 75.6 Å². The van der Waals surface area contributed by atoms with Crippen LogP contribution in [-0.2, 0) is 21.5 Å². The molecular formula is C39H38ClF3N4O3. The molecule has 0 spiro atoms. The highest BCUT2D eigenvalue weighted by Gasteiger charge is 2.49. The summed E-state index contributed by atoms with van der Waals surface area (Å²) in [5.41, 5.74) is 5.13. The van der Waals surface area contributed by atoms with E-state index in [-0.39, 0.29) is 18.3 Å². The van der Waals surface area contributed by atoms with Crippen LogP contribution in [0.25, 0.3) is 22.0 Å². The molecule has 2 N–H and O–H groups in total. The average Bonchev–Trinajstić information content (AvgIpc) is 3.67. The maximum Gasteiger partial charge on any atom is 0.405 e. The Hall–Kier alpha value is -4.80. The van der Waals surface area contributed by atoms with Crippen LogP contribution < -0.4 is 15.5 Å². The van der Waals surface area contributed by atoms with E-state index in [1.165, 1.54) is 0 Å². The van der Waals surface area contributed by atoms with Gasteiger partial charge in [0, 0.05) is 36.9 Å². The molecule has 4 aromatic carbocycles. The highest BCUT2D eigenvalue weighted by molar-refractivity contribution is 6.11. The third-order valence-electron chi connectivity index (χ3n) is 9.66. The highest BCUT2D eigenvalue weighted by atomic mass is 35.5. The summed E-state index contributed by atoms with van der Waals surface area (Å²) in [6, 6.07) is 30.4. The number of amides is 2. The van der Waals surface area contributed by atoms with Crippen molar-refractivity contribution in [2.24, 2.45) is 0 Å². The fourth-order valence-electron chi connectivity index (χ4n) is 7.42. The molecule has 2 amide bonds. The molecule has 1 aliphatic heterocycles. The second-order valence-corrected chi connectivity index (χ2v) is 12.6. The van der Waals surface area contributed by atoms with Gasteiger partial charge in [0.15, 0.2) is 0 Å². The van der Waals surface area contributed by atoms with E-state index in [0.29, 0.717) is 50.3 Å². The Morgan fingerprint density at radius 2 is 1.46 bits per heavy atom. The lowest BCUT2D eigenvalue weighted by molar-refractivity contribution is -0.141. The zero-order chi connectivity index (χ0) is 34.0. The summed E-state index contributed by atoms with van der Waals surface area (Å²) in [7, 11) is 0. The van der Waals surface area contributed by atoms with Gasteiger partial charge in [-0.3, -0.25) is 9.59 Å². The molecule has 260 valence electrons. The van der Waals surface area contributed by atoms with E-state index in [9.17, 15) is 22.8 Å². The van der Waals surface area contributed by atoms with Crippen molar-refractivity contribution in [1.82, 2.24) is 9.88 Å². The van der Waals surface area contributed by atoms with E-state index < -0.39 is 24.0 Å². The van der Waals surface area contributed by atoms with Gasteiger partial charge < -0.3 is 24.8 Å². The number of fused-ring (bicyclic) bond motifs is 4. The Morgan fingerprint density at radius 3 is 2.16 bits per heavy atom. The van der Waals surface area contributed by atoms with Crippen molar-refractivity contribution in [3.05, 3.63) is 120 Å².